The lowest BCUT2D eigenvalue weighted by Crippen LogP contribution is -2.23. The smallest absolute Gasteiger partial charge is 0.263 e. The molecule has 0 unspecified atom stereocenters. The molecule has 0 aliphatic heterocycles. The van der Waals surface area contributed by atoms with Gasteiger partial charge in [0.25, 0.3) is 5.56 Å². The largest absolute Gasteiger partial charge is 0.287 e. The first-order valence-corrected chi connectivity index (χ1v) is 11.9. The van der Waals surface area contributed by atoms with Crippen LogP contribution in [0.2, 0.25) is 0 Å². The minimum absolute atomic E-state index is 0.112. The van der Waals surface area contributed by atoms with Crippen LogP contribution >= 0.6 is 23.1 Å². The molecule has 0 radical (unpaired) electrons. The minimum atomic E-state index is 0.112. The summed E-state index contributed by atoms with van der Waals surface area (Å²) in [6.45, 7) is 4.63. The Kier molecular flexibility index (Phi) is 4.87. The summed E-state index contributed by atoms with van der Waals surface area (Å²) in [5, 5.41) is 1.63. The highest BCUT2D eigenvalue weighted by atomic mass is 32.2. The van der Waals surface area contributed by atoms with E-state index in [1.807, 2.05) is 42.7 Å². The number of aromatic nitrogens is 4. The van der Waals surface area contributed by atoms with Gasteiger partial charge < -0.3 is 0 Å². The Morgan fingerprint density at radius 1 is 1.10 bits per heavy atom. The molecular formula is C22H22N4OS2. The standard InChI is InChI=1S/C22H22N4OS2/c1-3-26-21(27)19-14-8-4-7-11-18(14)29-20(19)25-22(26)28-12-17-13(2)23-15-9-5-6-10-16(15)24-17/h5-6,9-10H,3-4,7-8,11-12H2,1-2H3. The van der Waals surface area contributed by atoms with Gasteiger partial charge in [0, 0.05) is 17.2 Å². The highest BCUT2D eigenvalue weighted by Gasteiger charge is 2.22. The van der Waals surface area contributed by atoms with Crippen molar-refractivity contribution in [3.8, 4) is 0 Å². The van der Waals surface area contributed by atoms with Gasteiger partial charge in [-0.15, -0.1) is 11.3 Å². The van der Waals surface area contributed by atoms with Crippen LogP contribution in [-0.4, -0.2) is 19.5 Å². The molecule has 0 N–H and O–H groups in total. The first kappa shape index (κ1) is 18.8. The van der Waals surface area contributed by atoms with Crippen LogP contribution in [0.25, 0.3) is 21.3 Å². The lowest BCUT2D eigenvalue weighted by atomic mass is 9.97. The molecule has 7 heteroatoms. The van der Waals surface area contributed by atoms with Crippen molar-refractivity contribution in [2.24, 2.45) is 0 Å². The van der Waals surface area contributed by atoms with Crippen LogP contribution in [0, 0.1) is 6.92 Å². The zero-order chi connectivity index (χ0) is 20.0. The molecule has 3 aromatic heterocycles. The van der Waals surface area contributed by atoms with E-state index in [0.717, 1.165) is 50.6 Å². The molecule has 0 bridgehead atoms. The van der Waals surface area contributed by atoms with Crippen molar-refractivity contribution < 1.29 is 0 Å². The summed E-state index contributed by atoms with van der Waals surface area (Å²) in [6.07, 6.45) is 4.47. The number of thiophene rings is 1. The topological polar surface area (TPSA) is 60.7 Å². The van der Waals surface area contributed by atoms with E-state index in [1.54, 1.807) is 23.1 Å². The van der Waals surface area contributed by atoms with Crippen LogP contribution in [-0.2, 0) is 25.1 Å². The van der Waals surface area contributed by atoms with Crippen LogP contribution in [0.5, 0.6) is 0 Å². The van der Waals surface area contributed by atoms with E-state index in [2.05, 4.69) is 4.98 Å². The predicted octanol–water partition coefficient (Wildman–Crippen LogP) is 4.90. The van der Waals surface area contributed by atoms with Gasteiger partial charge in [-0.3, -0.25) is 9.36 Å². The van der Waals surface area contributed by atoms with Crippen molar-refractivity contribution in [1.82, 2.24) is 19.5 Å². The van der Waals surface area contributed by atoms with Gasteiger partial charge in [0.1, 0.15) is 4.83 Å². The molecule has 29 heavy (non-hydrogen) atoms. The van der Waals surface area contributed by atoms with Gasteiger partial charge in [0.05, 0.1) is 27.8 Å². The van der Waals surface area contributed by atoms with Crippen molar-refractivity contribution in [3.05, 3.63) is 56.4 Å². The summed E-state index contributed by atoms with van der Waals surface area (Å²) in [4.78, 5) is 29.9. The molecule has 0 atom stereocenters. The molecule has 1 aliphatic rings. The monoisotopic (exact) mass is 422 g/mol. The van der Waals surface area contributed by atoms with Crippen LogP contribution in [0.4, 0.5) is 0 Å². The van der Waals surface area contributed by atoms with Gasteiger partial charge in [-0.05, 0) is 57.2 Å². The third-order valence-corrected chi connectivity index (χ3v) is 7.71. The van der Waals surface area contributed by atoms with Gasteiger partial charge in [0.2, 0.25) is 0 Å². The zero-order valence-corrected chi connectivity index (χ0v) is 18.2. The Morgan fingerprint density at radius 2 is 1.86 bits per heavy atom. The highest BCUT2D eigenvalue weighted by molar-refractivity contribution is 7.98. The number of aryl methyl sites for hydroxylation is 3. The molecule has 0 saturated carbocycles. The fourth-order valence-electron chi connectivity index (χ4n) is 4.00. The molecule has 1 aliphatic carbocycles. The van der Waals surface area contributed by atoms with Crippen molar-refractivity contribution in [2.45, 2.75) is 57.0 Å². The Labute approximate surface area is 177 Å². The molecule has 5 rings (SSSR count). The van der Waals surface area contributed by atoms with Gasteiger partial charge >= 0.3 is 0 Å². The van der Waals surface area contributed by atoms with E-state index in [4.69, 9.17) is 9.97 Å². The third kappa shape index (κ3) is 3.26. The summed E-state index contributed by atoms with van der Waals surface area (Å²) >= 11 is 3.29. The maximum Gasteiger partial charge on any atom is 0.263 e. The summed E-state index contributed by atoms with van der Waals surface area (Å²) in [7, 11) is 0. The van der Waals surface area contributed by atoms with Crippen LogP contribution in [0.15, 0.2) is 34.2 Å². The van der Waals surface area contributed by atoms with Gasteiger partial charge in [0.15, 0.2) is 5.16 Å². The average Bonchev–Trinajstić information content (AvgIpc) is 3.11. The van der Waals surface area contributed by atoms with Gasteiger partial charge in [-0.1, -0.05) is 23.9 Å². The Morgan fingerprint density at radius 3 is 2.66 bits per heavy atom. The number of thioether (sulfide) groups is 1. The van der Waals surface area contributed by atoms with Crippen molar-refractivity contribution in [3.63, 3.8) is 0 Å². The number of hydrogen-bond acceptors (Lipinski definition) is 6. The number of nitrogens with zero attached hydrogens (tertiary/aromatic N) is 4. The number of hydrogen-bond donors (Lipinski definition) is 0. The van der Waals surface area contributed by atoms with Crippen molar-refractivity contribution in [2.75, 3.05) is 0 Å². The number of fused-ring (bicyclic) bond motifs is 4. The summed E-state index contributed by atoms with van der Waals surface area (Å²) in [5.41, 5.74) is 5.04. The lowest BCUT2D eigenvalue weighted by Gasteiger charge is -2.12. The molecule has 148 valence electrons. The number of benzene rings is 1. The summed E-state index contributed by atoms with van der Waals surface area (Å²) < 4.78 is 1.82. The normalized spacial score (nSPS) is 13.9. The molecule has 5 nitrogen and oxygen atoms in total. The Balaban J connectivity index is 1.54. The molecule has 0 amide bonds. The minimum Gasteiger partial charge on any atom is -0.287 e. The number of para-hydroxylation sites is 2. The second-order valence-corrected chi connectivity index (χ2v) is 9.39. The molecule has 3 heterocycles. The van der Waals surface area contributed by atoms with E-state index < -0.39 is 0 Å². The molecule has 0 saturated heterocycles. The summed E-state index contributed by atoms with van der Waals surface area (Å²) in [6, 6.07) is 7.92. The maximum absolute atomic E-state index is 13.3. The van der Waals surface area contributed by atoms with Gasteiger partial charge in [-0.2, -0.15) is 0 Å². The molecule has 4 aromatic rings. The first-order valence-electron chi connectivity index (χ1n) is 10.1. The second kappa shape index (κ2) is 7.54. The quantitative estimate of drug-likeness (QED) is 0.346. The number of rotatable bonds is 4. The Bertz CT molecular complexity index is 1290. The fraction of sp³-hybridized carbons (Fsp3) is 0.364. The van der Waals surface area contributed by atoms with Crippen molar-refractivity contribution >= 4 is 44.3 Å². The average molecular weight is 423 g/mol. The van der Waals surface area contributed by atoms with E-state index in [1.165, 1.54) is 23.3 Å². The van der Waals surface area contributed by atoms with E-state index in [0.29, 0.717) is 12.3 Å². The molecule has 0 spiro atoms. The van der Waals surface area contributed by atoms with Crippen LogP contribution in [0.1, 0.15) is 41.6 Å². The predicted molar refractivity (Wildman–Crippen MR) is 120 cm³/mol. The Hall–Kier alpha value is -2.25. The molecule has 0 fully saturated rings. The first-order chi connectivity index (χ1) is 14.2. The van der Waals surface area contributed by atoms with E-state index in [-0.39, 0.29) is 5.56 Å². The van der Waals surface area contributed by atoms with Crippen molar-refractivity contribution in [1.29, 1.82) is 0 Å². The fourth-order valence-corrected chi connectivity index (χ4v) is 6.38. The van der Waals surface area contributed by atoms with Gasteiger partial charge in [-0.25, -0.2) is 15.0 Å². The maximum atomic E-state index is 13.3. The third-order valence-electron chi connectivity index (χ3n) is 5.54. The zero-order valence-electron chi connectivity index (χ0n) is 16.6. The van der Waals surface area contributed by atoms with Crippen LogP contribution < -0.4 is 5.56 Å². The second-order valence-electron chi connectivity index (χ2n) is 7.37. The van der Waals surface area contributed by atoms with E-state index >= 15 is 0 Å². The summed E-state index contributed by atoms with van der Waals surface area (Å²) in [5.74, 6) is 0.646. The van der Waals surface area contributed by atoms with Crippen LogP contribution in [0.3, 0.4) is 0 Å². The molecule has 1 aromatic carbocycles. The highest BCUT2D eigenvalue weighted by Crippen LogP contribution is 2.35. The van der Waals surface area contributed by atoms with E-state index in [9.17, 15) is 4.79 Å². The molecular weight excluding hydrogens is 400 g/mol. The lowest BCUT2D eigenvalue weighted by molar-refractivity contribution is 0.633. The SMILES string of the molecule is CCn1c(SCc2nc3ccccc3nc2C)nc2sc3c(c2c1=O)CCCC3.